The van der Waals surface area contributed by atoms with Crippen LogP contribution in [-0.2, 0) is 4.79 Å². The molecule has 0 aliphatic carbocycles. The molecule has 1 heterocycles. The van der Waals surface area contributed by atoms with E-state index in [1.807, 2.05) is 55.5 Å². The van der Waals surface area contributed by atoms with Crippen LogP contribution in [0.3, 0.4) is 0 Å². The van der Waals surface area contributed by atoms with E-state index in [4.69, 9.17) is 0 Å². The van der Waals surface area contributed by atoms with Gasteiger partial charge in [0.25, 0.3) is 0 Å². The van der Waals surface area contributed by atoms with Crippen LogP contribution in [0.15, 0.2) is 58.9 Å². The van der Waals surface area contributed by atoms with Gasteiger partial charge in [-0.3, -0.25) is 4.79 Å². The first-order chi connectivity index (χ1) is 10.7. The van der Waals surface area contributed by atoms with E-state index in [1.54, 1.807) is 11.3 Å². The van der Waals surface area contributed by atoms with Gasteiger partial charge < -0.3 is 5.32 Å². The number of hydrogen-bond acceptors (Lipinski definition) is 4. The van der Waals surface area contributed by atoms with Gasteiger partial charge in [0.2, 0.25) is 5.91 Å². The van der Waals surface area contributed by atoms with Gasteiger partial charge in [-0.05, 0) is 24.6 Å². The number of hydrogen-bond donors (Lipinski definition) is 1. The van der Waals surface area contributed by atoms with E-state index in [1.165, 1.54) is 11.8 Å². The van der Waals surface area contributed by atoms with Gasteiger partial charge in [0.1, 0.15) is 0 Å². The third-order valence-corrected chi connectivity index (χ3v) is 5.46. The summed E-state index contributed by atoms with van der Waals surface area (Å²) >= 11 is 3.11. The molecule has 22 heavy (non-hydrogen) atoms. The number of nitrogens with one attached hydrogen (secondary N) is 1. The van der Waals surface area contributed by atoms with Crippen molar-refractivity contribution in [2.45, 2.75) is 17.3 Å². The number of benzene rings is 2. The van der Waals surface area contributed by atoms with Crippen molar-refractivity contribution in [3.05, 3.63) is 60.2 Å². The van der Waals surface area contributed by atoms with Gasteiger partial charge in [0.15, 0.2) is 4.34 Å². The summed E-state index contributed by atoms with van der Waals surface area (Å²) in [7, 11) is 0. The molecule has 0 aliphatic heterocycles. The molecule has 1 atom stereocenters. The van der Waals surface area contributed by atoms with Crippen LogP contribution in [-0.4, -0.2) is 16.6 Å². The van der Waals surface area contributed by atoms with Gasteiger partial charge >= 0.3 is 0 Å². The lowest BCUT2D eigenvalue weighted by Gasteiger charge is -2.13. The fourth-order valence-corrected chi connectivity index (χ4v) is 4.03. The number of carbonyl (C=O) groups excluding carboxylic acids is 1. The smallest absolute Gasteiger partial charge is 0.230 e. The summed E-state index contributed by atoms with van der Waals surface area (Å²) in [6.07, 6.45) is 0. The number of aromatic nitrogens is 1. The second-order valence-corrected chi connectivity index (χ2v) is 7.19. The van der Waals surface area contributed by atoms with Crippen LogP contribution in [0.25, 0.3) is 10.2 Å². The molecule has 0 bridgehead atoms. The highest BCUT2D eigenvalue weighted by Gasteiger charge is 2.11. The van der Waals surface area contributed by atoms with Crippen molar-refractivity contribution < 1.29 is 4.79 Å². The fourth-order valence-electron chi connectivity index (χ4n) is 2.15. The number of para-hydroxylation sites is 1. The number of fused-ring (bicyclic) bond motifs is 1. The Morgan fingerprint density at radius 3 is 2.68 bits per heavy atom. The Balaban J connectivity index is 1.56. The molecule has 3 aromatic rings. The Morgan fingerprint density at radius 1 is 1.18 bits per heavy atom. The average molecular weight is 328 g/mol. The number of carbonyl (C=O) groups is 1. The molecule has 112 valence electrons. The summed E-state index contributed by atoms with van der Waals surface area (Å²) in [4.78, 5) is 16.6. The van der Waals surface area contributed by atoms with Crippen molar-refractivity contribution in [1.82, 2.24) is 10.3 Å². The summed E-state index contributed by atoms with van der Waals surface area (Å²) < 4.78 is 2.09. The lowest BCUT2D eigenvalue weighted by molar-refractivity contribution is -0.119. The van der Waals surface area contributed by atoms with E-state index in [-0.39, 0.29) is 11.9 Å². The van der Waals surface area contributed by atoms with Gasteiger partial charge in [0, 0.05) is 0 Å². The number of thiazole rings is 1. The zero-order valence-electron chi connectivity index (χ0n) is 12.2. The maximum absolute atomic E-state index is 12.1. The van der Waals surface area contributed by atoms with E-state index < -0.39 is 0 Å². The predicted molar refractivity (Wildman–Crippen MR) is 93.3 cm³/mol. The molecule has 1 N–H and O–H groups in total. The zero-order chi connectivity index (χ0) is 15.4. The fraction of sp³-hybridized carbons (Fsp3) is 0.176. The second kappa shape index (κ2) is 6.94. The van der Waals surface area contributed by atoms with E-state index in [9.17, 15) is 4.79 Å². The molecule has 3 nitrogen and oxygen atoms in total. The highest BCUT2D eigenvalue weighted by Crippen LogP contribution is 2.29. The Kier molecular flexibility index (Phi) is 4.75. The molecule has 1 amide bonds. The molecule has 2 aromatic carbocycles. The normalized spacial score (nSPS) is 12.2. The summed E-state index contributed by atoms with van der Waals surface area (Å²) in [6, 6.07) is 18.0. The molecule has 0 spiro atoms. The third-order valence-electron chi connectivity index (χ3n) is 3.28. The van der Waals surface area contributed by atoms with Gasteiger partial charge in [-0.1, -0.05) is 54.2 Å². The molecule has 1 aromatic heterocycles. The topological polar surface area (TPSA) is 42.0 Å². The Hall–Kier alpha value is -1.85. The Bertz CT molecular complexity index is 737. The summed E-state index contributed by atoms with van der Waals surface area (Å²) in [5, 5.41) is 3.02. The van der Waals surface area contributed by atoms with Crippen molar-refractivity contribution in [1.29, 1.82) is 0 Å². The van der Waals surface area contributed by atoms with Crippen molar-refractivity contribution in [2.75, 3.05) is 5.75 Å². The van der Waals surface area contributed by atoms with Crippen LogP contribution < -0.4 is 5.32 Å². The first-order valence-corrected chi connectivity index (χ1v) is 8.85. The predicted octanol–water partition coefficient (Wildman–Crippen LogP) is 4.27. The molecule has 0 saturated carbocycles. The van der Waals surface area contributed by atoms with E-state index in [0.717, 1.165) is 20.1 Å². The maximum Gasteiger partial charge on any atom is 0.230 e. The summed E-state index contributed by atoms with van der Waals surface area (Å²) in [5.74, 6) is 0.414. The van der Waals surface area contributed by atoms with Gasteiger partial charge in [-0.15, -0.1) is 11.3 Å². The molecular weight excluding hydrogens is 312 g/mol. The molecule has 0 aliphatic rings. The average Bonchev–Trinajstić information content (AvgIpc) is 2.96. The van der Waals surface area contributed by atoms with E-state index in [0.29, 0.717) is 5.75 Å². The maximum atomic E-state index is 12.1. The minimum Gasteiger partial charge on any atom is -0.349 e. The SMILES string of the molecule is C[C@H](NC(=O)CSc1nc2ccccc2s1)c1ccccc1. The largest absolute Gasteiger partial charge is 0.349 e. The number of amides is 1. The lowest BCUT2D eigenvalue weighted by Crippen LogP contribution is -2.28. The highest BCUT2D eigenvalue weighted by molar-refractivity contribution is 8.01. The minimum absolute atomic E-state index is 0.0182. The van der Waals surface area contributed by atoms with Crippen molar-refractivity contribution in [3.63, 3.8) is 0 Å². The molecule has 0 fully saturated rings. The van der Waals surface area contributed by atoms with Crippen LogP contribution in [0.1, 0.15) is 18.5 Å². The van der Waals surface area contributed by atoms with Crippen molar-refractivity contribution in [2.24, 2.45) is 0 Å². The quantitative estimate of drug-likeness (QED) is 0.711. The third kappa shape index (κ3) is 3.67. The number of nitrogens with zero attached hydrogens (tertiary/aromatic N) is 1. The first kappa shape index (κ1) is 15.1. The van der Waals surface area contributed by atoms with Crippen molar-refractivity contribution >= 4 is 39.2 Å². The van der Waals surface area contributed by atoms with Gasteiger partial charge in [-0.25, -0.2) is 4.98 Å². The van der Waals surface area contributed by atoms with Crippen LogP contribution >= 0.6 is 23.1 Å². The Labute approximate surface area is 137 Å². The molecule has 5 heteroatoms. The molecule has 3 rings (SSSR count). The number of rotatable bonds is 5. The molecule has 0 unspecified atom stereocenters. The van der Waals surface area contributed by atoms with Gasteiger partial charge in [-0.2, -0.15) is 0 Å². The van der Waals surface area contributed by atoms with E-state index >= 15 is 0 Å². The molecule has 0 saturated heterocycles. The van der Waals surface area contributed by atoms with Crippen LogP contribution in [0, 0.1) is 0 Å². The molecule has 0 radical (unpaired) electrons. The summed E-state index contributed by atoms with van der Waals surface area (Å²) in [6.45, 7) is 2.00. The van der Waals surface area contributed by atoms with Crippen LogP contribution in [0.2, 0.25) is 0 Å². The standard InChI is InChI=1S/C17H16N2OS2/c1-12(13-7-3-2-4-8-13)18-16(20)11-21-17-19-14-9-5-6-10-15(14)22-17/h2-10,12H,11H2,1H3,(H,18,20)/t12-/m0/s1. The Morgan fingerprint density at radius 2 is 1.91 bits per heavy atom. The van der Waals surface area contributed by atoms with Crippen molar-refractivity contribution in [3.8, 4) is 0 Å². The lowest BCUT2D eigenvalue weighted by atomic mass is 10.1. The number of thioether (sulfide) groups is 1. The monoisotopic (exact) mass is 328 g/mol. The second-order valence-electron chi connectivity index (χ2n) is 4.94. The van der Waals surface area contributed by atoms with Gasteiger partial charge in [0.05, 0.1) is 22.0 Å². The first-order valence-electron chi connectivity index (χ1n) is 7.05. The van der Waals surface area contributed by atoms with Crippen LogP contribution in [0.5, 0.6) is 0 Å². The summed E-state index contributed by atoms with van der Waals surface area (Å²) in [5.41, 5.74) is 2.11. The minimum atomic E-state index is 0.0182. The zero-order valence-corrected chi connectivity index (χ0v) is 13.8. The van der Waals surface area contributed by atoms with Crippen LogP contribution in [0.4, 0.5) is 0 Å². The molecular formula is C17H16N2OS2. The highest BCUT2D eigenvalue weighted by atomic mass is 32.2. The van der Waals surface area contributed by atoms with E-state index in [2.05, 4.69) is 16.4 Å².